The van der Waals surface area contributed by atoms with E-state index in [-0.39, 0.29) is 12.4 Å². The molecule has 0 amide bonds. The fourth-order valence-corrected chi connectivity index (χ4v) is 1.93. The molecule has 16 heavy (non-hydrogen) atoms. The summed E-state index contributed by atoms with van der Waals surface area (Å²) in [6.07, 6.45) is 2.64. The third-order valence-electron chi connectivity index (χ3n) is 3.18. The minimum atomic E-state index is -0.186. The Hall–Kier alpha value is -1.09. The first kappa shape index (κ1) is 11.4. The zero-order valence-corrected chi connectivity index (χ0v) is 9.75. The van der Waals surface area contributed by atoms with Gasteiger partial charge in [0, 0.05) is 30.9 Å². The van der Waals surface area contributed by atoms with Crippen molar-refractivity contribution in [3.8, 4) is 0 Å². The van der Waals surface area contributed by atoms with Gasteiger partial charge in [-0.1, -0.05) is 6.07 Å². The standard InChI is InChI=1S/C13H19FN2/c1-2-16(9-10-3-4-10)12-6-5-11(8-15)13(14)7-12/h5-7,10H,2-4,8-9,15H2,1H3. The van der Waals surface area contributed by atoms with Crippen molar-refractivity contribution in [2.24, 2.45) is 11.7 Å². The van der Waals surface area contributed by atoms with Crippen molar-refractivity contribution in [3.05, 3.63) is 29.6 Å². The molecule has 0 atom stereocenters. The number of nitrogens with zero attached hydrogens (tertiary/aromatic N) is 1. The molecule has 0 aliphatic heterocycles. The van der Waals surface area contributed by atoms with Gasteiger partial charge in [0.2, 0.25) is 0 Å². The van der Waals surface area contributed by atoms with Crippen LogP contribution in [0.25, 0.3) is 0 Å². The second-order valence-electron chi connectivity index (χ2n) is 4.46. The number of nitrogens with two attached hydrogens (primary N) is 1. The molecule has 1 aromatic rings. The molecule has 1 aromatic carbocycles. The highest BCUT2D eigenvalue weighted by Gasteiger charge is 2.24. The molecule has 0 saturated heterocycles. The van der Waals surface area contributed by atoms with Gasteiger partial charge in [-0.2, -0.15) is 0 Å². The maximum Gasteiger partial charge on any atom is 0.129 e. The maximum absolute atomic E-state index is 13.6. The Morgan fingerprint density at radius 1 is 1.44 bits per heavy atom. The number of rotatable bonds is 5. The molecule has 0 bridgehead atoms. The van der Waals surface area contributed by atoms with Crippen molar-refractivity contribution >= 4 is 5.69 Å². The minimum absolute atomic E-state index is 0.186. The first-order valence-electron chi connectivity index (χ1n) is 5.98. The monoisotopic (exact) mass is 222 g/mol. The Morgan fingerprint density at radius 2 is 2.19 bits per heavy atom. The number of anilines is 1. The van der Waals surface area contributed by atoms with E-state index in [4.69, 9.17) is 5.73 Å². The zero-order chi connectivity index (χ0) is 11.5. The Kier molecular flexibility index (Phi) is 3.44. The SMILES string of the molecule is CCN(CC1CC1)c1ccc(CN)c(F)c1. The summed E-state index contributed by atoms with van der Waals surface area (Å²) in [5.41, 5.74) is 7.01. The summed E-state index contributed by atoms with van der Waals surface area (Å²) >= 11 is 0. The minimum Gasteiger partial charge on any atom is -0.371 e. The molecule has 88 valence electrons. The summed E-state index contributed by atoms with van der Waals surface area (Å²) in [7, 11) is 0. The quantitative estimate of drug-likeness (QED) is 0.829. The van der Waals surface area contributed by atoms with E-state index >= 15 is 0 Å². The summed E-state index contributed by atoms with van der Waals surface area (Å²) in [5, 5.41) is 0. The summed E-state index contributed by atoms with van der Waals surface area (Å²) < 4.78 is 13.6. The Balaban J connectivity index is 2.13. The normalized spacial score (nSPS) is 15.2. The van der Waals surface area contributed by atoms with Gasteiger partial charge in [-0.15, -0.1) is 0 Å². The predicted octanol–water partition coefficient (Wildman–Crippen LogP) is 2.52. The summed E-state index contributed by atoms with van der Waals surface area (Å²) in [6.45, 7) is 4.35. The lowest BCUT2D eigenvalue weighted by Gasteiger charge is -2.23. The van der Waals surface area contributed by atoms with E-state index in [1.165, 1.54) is 12.8 Å². The van der Waals surface area contributed by atoms with Crippen molar-refractivity contribution in [2.75, 3.05) is 18.0 Å². The average molecular weight is 222 g/mol. The first-order chi connectivity index (χ1) is 7.74. The molecule has 2 nitrogen and oxygen atoms in total. The summed E-state index contributed by atoms with van der Waals surface area (Å²) in [5.74, 6) is 0.631. The van der Waals surface area contributed by atoms with Gasteiger partial charge in [0.05, 0.1) is 0 Å². The number of hydrogen-bond acceptors (Lipinski definition) is 2. The van der Waals surface area contributed by atoms with Gasteiger partial charge in [-0.3, -0.25) is 0 Å². The van der Waals surface area contributed by atoms with Crippen molar-refractivity contribution in [3.63, 3.8) is 0 Å². The third-order valence-corrected chi connectivity index (χ3v) is 3.18. The maximum atomic E-state index is 13.6. The van der Waals surface area contributed by atoms with Gasteiger partial charge in [0.15, 0.2) is 0 Å². The van der Waals surface area contributed by atoms with Gasteiger partial charge >= 0.3 is 0 Å². The van der Waals surface area contributed by atoms with Crippen molar-refractivity contribution < 1.29 is 4.39 Å². The lowest BCUT2D eigenvalue weighted by molar-refractivity contribution is 0.609. The van der Waals surface area contributed by atoms with Crippen LogP contribution in [-0.4, -0.2) is 13.1 Å². The van der Waals surface area contributed by atoms with Crippen LogP contribution in [0.4, 0.5) is 10.1 Å². The molecule has 2 rings (SSSR count). The number of hydrogen-bond donors (Lipinski definition) is 1. The van der Waals surface area contributed by atoms with Crippen molar-refractivity contribution in [1.82, 2.24) is 0 Å². The predicted molar refractivity (Wildman–Crippen MR) is 64.9 cm³/mol. The van der Waals surface area contributed by atoms with Crippen LogP contribution >= 0.6 is 0 Å². The second kappa shape index (κ2) is 4.83. The molecule has 0 heterocycles. The zero-order valence-electron chi connectivity index (χ0n) is 9.75. The summed E-state index contributed by atoms with van der Waals surface area (Å²) in [4.78, 5) is 2.24. The molecular formula is C13H19FN2. The van der Waals surface area contributed by atoms with Crippen LogP contribution in [0.15, 0.2) is 18.2 Å². The van der Waals surface area contributed by atoms with Crippen molar-refractivity contribution in [2.45, 2.75) is 26.3 Å². The van der Waals surface area contributed by atoms with E-state index in [0.717, 1.165) is 24.7 Å². The van der Waals surface area contributed by atoms with Crippen LogP contribution in [-0.2, 0) is 6.54 Å². The second-order valence-corrected chi connectivity index (χ2v) is 4.46. The van der Waals surface area contributed by atoms with Gasteiger partial charge in [-0.25, -0.2) is 4.39 Å². The fraction of sp³-hybridized carbons (Fsp3) is 0.538. The van der Waals surface area contributed by atoms with Gasteiger partial charge in [0.25, 0.3) is 0 Å². The van der Waals surface area contributed by atoms with Gasteiger partial charge in [-0.05, 0) is 37.8 Å². The van der Waals surface area contributed by atoms with Crippen LogP contribution in [0, 0.1) is 11.7 Å². The lowest BCUT2D eigenvalue weighted by atomic mass is 10.1. The largest absolute Gasteiger partial charge is 0.371 e. The smallest absolute Gasteiger partial charge is 0.129 e. The average Bonchev–Trinajstić information content (AvgIpc) is 3.09. The highest BCUT2D eigenvalue weighted by Crippen LogP contribution is 2.31. The van der Waals surface area contributed by atoms with Crippen LogP contribution in [0.3, 0.4) is 0 Å². The Bertz CT molecular complexity index is 361. The fourth-order valence-electron chi connectivity index (χ4n) is 1.93. The summed E-state index contributed by atoms with van der Waals surface area (Å²) in [6, 6.07) is 5.37. The first-order valence-corrected chi connectivity index (χ1v) is 5.98. The van der Waals surface area contributed by atoms with Gasteiger partial charge < -0.3 is 10.6 Å². The number of halogens is 1. The molecule has 1 saturated carbocycles. The molecule has 2 N–H and O–H groups in total. The van der Waals surface area contributed by atoms with Crippen LogP contribution in [0.5, 0.6) is 0 Å². The van der Waals surface area contributed by atoms with Crippen LogP contribution in [0.2, 0.25) is 0 Å². The van der Waals surface area contributed by atoms with E-state index in [1.807, 2.05) is 6.07 Å². The van der Waals surface area contributed by atoms with Crippen LogP contribution < -0.4 is 10.6 Å². The Morgan fingerprint density at radius 3 is 2.69 bits per heavy atom. The van der Waals surface area contributed by atoms with E-state index < -0.39 is 0 Å². The lowest BCUT2D eigenvalue weighted by Crippen LogP contribution is -2.25. The highest BCUT2D eigenvalue weighted by molar-refractivity contribution is 5.48. The van der Waals surface area contributed by atoms with E-state index in [9.17, 15) is 4.39 Å². The molecular weight excluding hydrogens is 203 g/mol. The molecule has 1 fully saturated rings. The van der Waals surface area contributed by atoms with Gasteiger partial charge in [0.1, 0.15) is 5.82 Å². The topological polar surface area (TPSA) is 29.3 Å². The number of benzene rings is 1. The molecule has 3 heteroatoms. The molecule has 0 unspecified atom stereocenters. The van der Waals surface area contributed by atoms with E-state index in [1.54, 1.807) is 12.1 Å². The Labute approximate surface area is 96.2 Å². The van der Waals surface area contributed by atoms with Crippen LogP contribution in [0.1, 0.15) is 25.3 Å². The third kappa shape index (κ3) is 2.53. The molecule has 1 aliphatic rings. The van der Waals surface area contributed by atoms with E-state index in [0.29, 0.717) is 5.56 Å². The van der Waals surface area contributed by atoms with E-state index in [2.05, 4.69) is 11.8 Å². The van der Waals surface area contributed by atoms with Crippen molar-refractivity contribution in [1.29, 1.82) is 0 Å². The molecule has 1 aliphatic carbocycles. The molecule has 0 spiro atoms. The molecule has 0 radical (unpaired) electrons. The molecule has 0 aromatic heterocycles. The highest BCUT2D eigenvalue weighted by atomic mass is 19.1.